The molecular weight excluding hydrogens is 334 g/mol. The minimum Gasteiger partial charge on any atom is -0.480 e. The van der Waals surface area contributed by atoms with Crippen LogP contribution in [-0.4, -0.2) is 47.7 Å². The van der Waals surface area contributed by atoms with Gasteiger partial charge in [0, 0.05) is 17.5 Å². The van der Waals surface area contributed by atoms with E-state index in [9.17, 15) is 9.59 Å². The number of carbonyl (C=O) groups is 2. The topological polar surface area (TPSA) is 66.8 Å². The highest BCUT2D eigenvalue weighted by Gasteiger charge is 2.31. The Morgan fingerprint density at radius 2 is 2.32 bits per heavy atom. The molecule has 2 rings (SSSR count). The maximum atomic E-state index is 12.0. The summed E-state index contributed by atoms with van der Waals surface area (Å²) in [5.41, 5.74) is 0. The molecule has 7 heteroatoms. The molecule has 1 N–H and O–H groups in total. The van der Waals surface area contributed by atoms with Crippen LogP contribution in [0.4, 0.5) is 0 Å². The third-order valence-electron chi connectivity index (χ3n) is 2.68. The standard InChI is InChI=1S/C12H12BrNO4S/c13-10-3-1-8(19-10)2-4-11(15)14-5-6-18-7-9(14)12(16)17/h1-4,9H,5-7H2,(H,16,17)/b4-2-/t9-/m1/s1. The zero-order valence-electron chi connectivity index (χ0n) is 9.91. The minimum atomic E-state index is -1.04. The van der Waals surface area contributed by atoms with E-state index in [0.717, 1.165) is 8.66 Å². The highest BCUT2D eigenvalue weighted by atomic mass is 79.9. The van der Waals surface area contributed by atoms with E-state index >= 15 is 0 Å². The van der Waals surface area contributed by atoms with Crippen LogP contribution in [0.3, 0.4) is 0 Å². The van der Waals surface area contributed by atoms with Gasteiger partial charge in [0.05, 0.1) is 17.0 Å². The molecule has 2 heterocycles. The van der Waals surface area contributed by atoms with Crippen molar-refractivity contribution in [1.82, 2.24) is 4.90 Å². The minimum absolute atomic E-state index is 0.0411. The molecule has 0 unspecified atom stereocenters. The number of nitrogens with zero attached hydrogens (tertiary/aromatic N) is 1. The first-order valence-electron chi connectivity index (χ1n) is 5.62. The van der Waals surface area contributed by atoms with Crippen LogP contribution in [0.15, 0.2) is 22.0 Å². The second-order valence-corrected chi connectivity index (χ2v) is 6.43. The molecule has 0 spiro atoms. The predicted octanol–water partition coefficient (Wildman–Crippen LogP) is 1.84. The van der Waals surface area contributed by atoms with Crippen LogP contribution in [0.1, 0.15) is 4.88 Å². The first-order valence-corrected chi connectivity index (χ1v) is 7.23. The van der Waals surface area contributed by atoms with E-state index in [-0.39, 0.29) is 12.5 Å². The average molecular weight is 346 g/mol. The lowest BCUT2D eigenvalue weighted by Gasteiger charge is -2.31. The third-order valence-corrected chi connectivity index (χ3v) is 4.27. The molecule has 0 saturated carbocycles. The Balaban J connectivity index is 2.05. The number of carboxylic acid groups (broad SMARTS) is 1. The molecule has 1 amide bonds. The van der Waals surface area contributed by atoms with Crippen LogP contribution >= 0.6 is 27.3 Å². The zero-order valence-corrected chi connectivity index (χ0v) is 12.3. The van der Waals surface area contributed by atoms with E-state index in [1.54, 1.807) is 6.08 Å². The number of carboxylic acids is 1. The Labute approximate surface area is 122 Å². The maximum Gasteiger partial charge on any atom is 0.328 e. The van der Waals surface area contributed by atoms with Crippen LogP contribution in [0, 0.1) is 0 Å². The fourth-order valence-corrected chi connectivity index (χ4v) is 3.07. The fraction of sp³-hybridized carbons (Fsp3) is 0.333. The number of carbonyl (C=O) groups excluding carboxylic acids is 1. The first kappa shape index (κ1) is 14.2. The van der Waals surface area contributed by atoms with Gasteiger partial charge in [-0.15, -0.1) is 11.3 Å². The van der Waals surface area contributed by atoms with Crippen molar-refractivity contribution in [2.24, 2.45) is 0 Å². The molecular formula is C12H12BrNO4S. The van der Waals surface area contributed by atoms with Crippen molar-refractivity contribution in [1.29, 1.82) is 0 Å². The van der Waals surface area contributed by atoms with Gasteiger partial charge in [0.1, 0.15) is 0 Å². The smallest absolute Gasteiger partial charge is 0.328 e. The molecule has 1 aliphatic heterocycles. The normalized spacial score (nSPS) is 19.8. The summed E-state index contributed by atoms with van der Waals surface area (Å²) >= 11 is 4.84. The van der Waals surface area contributed by atoms with Crippen LogP contribution < -0.4 is 0 Å². The van der Waals surface area contributed by atoms with E-state index in [1.807, 2.05) is 12.1 Å². The van der Waals surface area contributed by atoms with Crippen molar-refractivity contribution in [2.45, 2.75) is 6.04 Å². The largest absolute Gasteiger partial charge is 0.480 e. The SMILES string of the molecule is O=C(O)[C@H]1COCCN1C(=O)/C=C\c1ccc(Br)s1. The number of thiophene rings is 1. The van der Waals surface area contributed by atoms with Gasteiger partial charge in [-0.3, -0.25) is 4.79 Å². The second kappa shape index (κ2) is 6.31. The Kier molecular flexibility index (Phi) is 4.73. The lowest BCUT2D eigenvalue weighted by molar-refractivity contribution is -0.156. The number of morpholine rings is 1. The van der Waals surface area contributed by atoms with Gasteiger partial charge in [-0.05, 0) is 34.1 Å². The Hall–Kier alpha value is -1.18. The highest BCUT2D eigenvalue weighted by molar-refractivity contribution is 9.11. The van der Waals surface area contributed by atoms with Crippen molar-refractivity contribution in [3.05, 3.63) is 26.9 Å². The van der Waals surface area contributed by atoms with Gasteiger partial charge >= 0.3 is 5.97 Å². The highest BCUT2D eigenvalue weighted by Crippen LogP contribution is 2.23. The molecule has 0 radical (unpaired) electrons. The number of amides is 1. The van der Waals surface area contributed by atoms with E-state index < -0.39 is 12.0 Å². The maximum absolute atomic E-state index is 12.0. The Bertz CT molecular complexity index is 514. The summed E-state index contributed by atoms with van der Waals surface area (Å²) in [4.78, 5) is 25.3. The molecule has 0 aromatic carbocycles. The summed E-state index contributed by atoms with van der Waals surface area (Å²) in [6.07, 6.45) is 3.09. The monoisotopic (exact) mass is 345 g/mol. The van der Waals surface area contributed by atoms with Crippen molar-refractivity contribution in [3.8, 4) is 0 Å². The van der Waals surface area contributed by atoms with Gasteiger partial charge in [0.15, 0.2) is 6.04 Å². The molecule has 0 bridgehead atoms. The number of halogens is 1. The van der Waals surface area contributed by atoms with Gasteiger partial charge in [-0.1, -0.05) is 0 Å². The summed E-state index contributed by atoms with van der Waals surface area (Å²) in [7, 11) is 0. The molecule has 5 nitrogen and oxygen atoms in total. The molecule has 0 aliphatic carbocycles. The van der Waals surface area contributed by atoms with E-state index in [0.29, 0.717) is 13.2 Å². The molecule has 102 valence electrons. The van der Waals surface area contributed by atoms with Gasteiger partial charge in [-0.25, -0.2) is 4.79 Å². The van der Waals surface area contributed by atoms with Crippen LogP contribution in [0.25, 0.3) is 6.08 Å². The van der Waals surface area contributed by atoms with Crippen molar-refractivity contribution in [2.75, 3.05) is 19.8 Å². The molecule has 1 aromatic heterocycles. The first-order chi connectivity index (χ1) is 9.08. The van der Waals surface area contributed by atoms with Crippen molar-refractivity contribution in [3.63, 3.8) is 0 Å². The number of hydrogen-bond donors (Lipinski definition) is 1. The summed E-state index contributed by atoms with van der Waals surface area (Å²) in [5.74, 6) is -1.35. The Morgan fingerprint density at radius 1 is 1.53 bits per heavy atom. The zero-order chi connectivity index (χ0) is 13.8. The predicted molar refractivity (Wildman–Crippen MR) is 75.0 cm³/mol. The van der Waals surface area contributed by atoms with Gasteiger partial charge in [0.2, 0.25) is 5.91 Å². The fourth-order valence-electron chi connectivity index (χ4n) is 1.74. The summed E-state index contributed by atoms with van der Waals surface area (Å²) < 4.78 is 6.07. The van der Waals surface area contributed by atoms with Gasteiger partial charge in [0.25, 0.3) is 0 Å². The second-order valence-electron chi connectivity index (χ2n) is 3.94. The van der Waals surface area contributed by atoms with Crippen molar-refractivity contribution < 1.29 is 19.4 Å². The summed E-state index contributed by atoms with van der Waals surface area (Å²) in [6.45, 7) is 0.710. The van der Waals surface area contributed by atoms with Crippen LogP contribution in [-0.2, 0) is 14.3 Å². The lowest BCUT2D eigenvalue weighted by Crippen LogP contribution is -2.52. The molecule has 1 aromatic rings. The summed E-state index contributed by atoms with van der Waals surface area (Å²) in [6, 6.07) is 2.87. The molecule has 19 heavy (non-hydrogen) atoms. The molecule has 1 saturated heterocycles. The number of ether oxygens (including phenoxy) is 1. The quantitative estimate of drug-likeness (QED) is 0.848. The third kappa shape index (κ3) is 3.65. The number of rotatable bonds is 3. The average Bonchev–Trinajstić information content (AvgIpc) is 2.81. The Morgan fingerprint density at radius 3 is 2.95 bits per heavy atom. The van der Waals surface area contributed by atoms with E-state index in [2.05, 4.69) is 15.9 Å². The van der Waals surface area contributed by atoms with Gasteiger partial charge in [-0.2, -0.15) is 0 Å². The molecule has 1 atom stereocenters. The van der Waals surface area contributed by atoms with Crippen molar-refractivity contribution >= 4 is 45.2 Å². The van der Waals surface area contributed by atoms with Crippen LogP contribution in [0.2, 0.25) is 0 Å². The summed E-state index contributed by atoms with van der Waals surface area (Å²) in [5, 5.41) is 9.04. The lowest BCUT2D eigenvalue weighted by atomic mass is 10.2. The molecule has 1 aliphatic rings. The van der Waals surface area contributed by atoms with E-state index in [1.165, 1.54) is 22.3 Å². The van der Waals surface area contributed by atoms with Gasteiger partial charge < -0.3 is 14.7 Å². The number of aliphatic carboxylic acids is 1. The van der Waals surface area contributed by atoms with E-state index in [4.69, 9.17) is 9.84 Å². The van der Waals surface area contributed by atoms with Crippen LogP contribution in [0.5, 0.6) is 0 Å². The number of hydrogen-bond acceptors (Lipinski definition) is 4. The molecule has 1 fully saturated rings.